The topological polar surface area (TPSA) is 87.7 Å². The van der Waals surface area contributed by atoms with E-state index in [2.05, 4.69) is 15.2 Å². The van der Waals surface area contributed by atoms with Gasteiger partial charge in [0, 0.05) is 12.1 Å². The molecule has 0 saturated heterocycles. The molecule has 1 aromatic heterocycles. The Labute approximate surface area is 112 Å². The van der Waals surface area contributed by atoms with Crippen LogP contribution >= 0.6 is 0 Å². The molecular weight excluding hydrogens is 297 g/mol. The molecule has 0 aliphatic rings. The fourth-order valence-corrected chi connectivity index (χ4v) is 2.88. The highest BCUT2D eigenvalue weighted by atomic mass is 32.2. The number of aromatic nitrogens is 3. The van der Waals surface area contributed by atoms with E-state index in [1.807, 2.05) is 4.72 Å². The fourth-order valence-electron chi connectivity index (χ4n) is 1.56. The lowest BCUT2D eigenvalue weighted by Gasteiger charge is -2.12. The molecule has 0 amide bonds. The largest absolute Gasteiger partial charge is 0.262 e. The Hall–Kier alpha value is -1.94. The Morgan fingerprint density at radius 2 is 1.85 bits per heavy atom. The Bertz CT molecular complexity index is 695. The lowest BCUT2D eigenvalue weighted by Crippen LogP contribution is -2.29. The fraction of sp³-hybridized carbons (Fsp3) is 0.200. The third-order valence-electron chi connectivity index (χ3n) is 2.41. The molecule has 20 heavy (non-hydrogen) atoms. The van der Waals surface area contributed by atoms with E-state index in [0.29, 0.717) is 0 Å². The molecule has 6 nitrogen and oxygen atoms in total. The number of aromatic amines is 1. The minimum atomic E-state index is -4.52. The molecule has 10 heteroatoms. The maximum atomic E-state index is 13.5. The lowest BCUT2D eigenvalue weighted by molar-refractivity contribution is 0.490. The molecule has 0 aliphatic heterocycles. The van der Waals surface area contributed by atoms with Crippen LogP contribution in [0.5, 0.6) is 0 Å². The molecular formula is C10H9F3N4O2S. The van der Waals surface area contributed by atoms with Crippen molar-refractivity contribution in [3.8, 4) is 0 Å². The average molecular weight is 306 g/mol. The summed E-state index contributed by atoms with van der Waals surface area (Å²) in [5, 5.41) is 5.94. The van der Waals surface area contributed by atoms with Crippen molar-refractivity contribution in [2.75, 3.05) is 0 Å². The van der Waals surface area contributed by atoms with Crippen molar-refractivity contribution in [3.05, 3.63) is 41.7 Å². The summed E-state index contributed by atoms with van der Waals surface area (Å²) in [6, 6.07) is -0.320. The van der Waals surface area contributed by atoms with Crippen LogP contribution in [-0.4, -0.2) is 23.6 Å². The molecule has 1 heterocycles. The van der Waals surface area contributed by atoms with Crippen LogP contribution in [-0.2, 0) is 10.0 Å². The lowest BCUT2D eigenvalue weighted by atomic mass is 10.3. The van der Waals surface area contributed by atoms with Crippen molar-refractivity contribution in [2.45, 2.75) is 17.9 Å². The first-order chi connectivity index (χ1) is 9.31. The van der Waals surface area contributed by atoms with Crippen molar-refractivity contribution in [2.24, 2.45) is 0 Å². The summed E-state index contributed by atoms with van der Waals surface area (Å²) >= 11 is 0. The number of nitrogens with zero attached hydrogens (tertiary/aromatic N) is 2. The summed E-state index contributed by atoms with van der Waals surface area (Å²) in [4.78, 5) is 2.47. The number of benzene rings is 1. The number of sulfonamides is 1. The molecule has 2 aromatic rings. The highest BCUT2D eigenvalue weighted by Gasteiger charge is 2.27. The molecule has 1 aromatic carbocycles. The Balaban J connectivity index is 2.37. The van der Waals surface area contributed by atoms with E-state index in [-0.39, 0.29) is 18.0 Å². The minimum Gasteiger partial charge on any atom is -0.262 e. The number of nitrogens with one attached hydrogen (secondary N) is 2. The van der Waals surface area contributed by atoms with Gasteiger partial charge in [0.05, 0.1) is 6.04 Å². The third kappa shape index (κ3) is 2.80. The van der Waals surface area contributed by atoms with Crippen LogP contribution in [0.25, 0.3) is 0 Å². The van der Waals surface area contributed by atoms with E-state index in [9.17, 15) is 21.6 Å². The second kappa shape index (κ2) is 5.21. The van der Waals surface area contributed by atoms with Gasteiger partial charge in [-0.25, -0.2) is 31.3 Å². The van der Waals surface area contributed by atoms with Gasteiger partial charge in [-0.15, -0.1) is 0 Å². The van der Waals surface area contributed by atoms with Crippen molar-refractivity contribution < 1.29 is 21.6 Å². The van der Waals surface area contributed by atoms with Gasteiger partial charge in [0.25, 0.3) is 0 Å². The summed E-state index contributed by atoms with van der Waals surface area (Å²) < 4.78 is 65.5. The molecule has 108 valence electrons. The molecule has 0 radical (unpaired) electrons. The van der Waals surface area contributed by atoms with Gasteiger partial charge in [-0.3, -0.25) is 5.10 Å². The first-order valence-corrected chi connectivity index (χ1v) is 6.81. The van der Waals surface area contributed by atoms with Gasteiger partial charge in [-0.2, -0.15) is 5.10 Å². The number of hydrogen-bond donors (Lipinski definition) is 2. The molecule has 0 fully saturated rings. The molecule has 2 rings (SSSR count). The molecule has 2 N–H and O–H groups in total. The Morgan fingerprint density at radius 3 is 2.35 bits per heavy atom. The normalized spacial score (nSPS) is 13.4. The average Bonchev–Trinajstić information content (AvgIpc) is 2.78. The van der Waals surface area contributed by atoms with E-state index < -0.39 is 38.4 Å². The number of rotatable bonds is 4. The van der Waals surface area contributed by atoms with Crippen LogP contribution in [0.1, 0.15) is 18.8 Å². The smallest absolute Gasteiger partial charge is 0.247 e. The third-order valence-corrected chi connectivity index (χ3v) is 4.00. The summed E-state index contributed by atoms with van der Waals surface area (Å²) in [6.45, 7) is 1.40. The Morgan fingerprint density at radius 1 is 1.25 bits per heavy atom. The molecule has 0 aliphatic carbocycles. The maximum absolute atomic E-state index is 13.5. The van der Waals surface area contributed by atoms with E-state index in [4.69, 9.17) is 0 Å². The quantitative estimate of drug-likeness (QED) is 0.890. The molecule has 0 bridgehead atoms. The SMILES string of the molecule is CC(NS(=O)(=O)c1c(F)cc(F)cc1F)c1ncn[nH]1. The number of H-pyrrole nitrogens is 1. The first-order valence-electron chi connectivity index (χ1n) is 5.33. The molecule has 0 spiro atoms. The minimum absolute atomic E-state index is 0.163. The zero-order valence-corrected chi connectivity index (χ0v) is 10.9. The zero-order valence-electron chi connectivity index (χ0n) is 10.1. The predicted molar refractivity (Wildman–Crippen MR) is 61.4 cm³/mol. The van der Waals surface area contributed by atoms with Gasteiger partial charge in [0.2, 0.25) is 10.0 Å². The zero-order chi connectivity index (χ0) is 14.9. The molecule has 0 saturated carbocycles. The van der Waals surface area contributed by atoms with Gasteiger partial charge in [-0.1, -0.05) is 0 Å². The highest BCUT2D eigenvalue weighted by Crippen LogP contribution is 2.21. The predicted octanol–water partition coefficient (Wildman–Crippen LogP) is 1.26. The van der Waals surface area contributed by atoms with Crippen LogP contribution < -0.4 is 4.72 Å². The van der Waals surface area contributed by atoms with Crippen LogP contribution in [0.4, 0.5) is 13.2 Å². The van der Waals surface area contributed by atoms with Gasteiger partial charge in [0.1, 0.15) is 29.6 Å². The summed E-state index contributed by atoms with van der Waals surface area (Å²) in [5.41, 5.74) is 0. The maximum Gasteiger partial charge on any atom is 0.247 e. The van der Waals surface area contributed by atoms with Crippen molar-refractivity contribution in [1.82, 2.24) is 19.9 Å². The molecule has 1 unspecified atom stereocenters. The number of hydrogen-bond acceptors (Lipinski definition) is 4. The first kappa shape index (κ1) is 14.5. The summed E-state index contributed by atoms with van der Waals surface area (Å²) in [6.07, 6.45) is 1.15. The Kier molecular flexibility index (Phi) is 3.77. The second-order valence-electron chi connectivity index (χ2n) is 3.91. The number of halogens is 3. The van der Waals surface area contributed by atoms with E-state index in [1.54, 1.807) is 0 Å². The molecule has 1 atom stereocenters. The van der Waals surface area contributed by atoms with Crippen LogP contribution in [0.2, 0.25) is 0 Å². The summed E-state index contributed by atoms with van der Waals surface area (Å²) in [5.74, 6) is -4.07. The standard InChI is InChI=1S/C10H9F3N4O2S/c1-5(10-14-4-15-16-10)17-20(18,19)9-7(12)2-6(11)3-8(9)13/h2-5,17H,1H3,(H,14,15,16). The van der Waals surface area contributed by atoms with Gasteiger partial charge < -0.3 is 0 Å². The van der Waals surface area contributed by atoms with Gasteiger partial charge in [-0.05, 0) is 6.92 Å². The highest BCUT2D eigenvalue weighted by molar-refractivity contribution is 7.89. The van der Waals surface area contributed by atoms with E-state index in [1.165, 1.54) is 6.92 Å². The monoisotopic (exact) mass is 306 g/mol. The summed E-state index contributed by atoms with van der Waals surface area (Å²) in [7, 11) is -4.52. The van der Waals surface area contributed by atoms with Crippen LogP contribution in [0.15, 0.2) is 23.4 Å². The van der Waals surface area contributed by atoms with Crippen LogP contribution in [0.3, 0.4) is 0 Å². The van der Waals surface area contributed by atoms with Gasteiger partial charge in [0.15, 0.2) is 4.90 Å². The second-order valence-corrected chi connectivity index (χ2v) is 5.56. The van der Waals surface area contributed by atoms with Gasteiger partial charge >= 0.3 is 0 Å². The van der Waals surface area contributed by atoms with Crippen molar-refractivity contribution >= 4 is 10.0 Å². The van der Waals surface area contributed by atoms with Crippen molar-refractivity contribution in [1.29, 1.82) is 0 Å². The van der Waals surface area contributed by atoms with Crippen LogP contribution in [0, 0.1) is 17.5 Å². The van der Waals surface area contributed by atoms with Crippen molar-refractivity contribution in [3.63, 3.8) is 0 Å². The van der Waals surface area contributed by atoms with E-state index in [0.717, 1.165) is 6.33 Å². The van der Waals surface area contributed by atoms with E-state index >= 15 is 0 Å².